The lowest BCUT2D eigenvalue weighted by Gasteiger charge is -2.23. The van der Waals surface area contributed by atoms with E-state index in [0.717, 1.165) is 4.57 Å². The Hall–Kier alpha value is -3.03. The van der Waals surface area contributed by atoms with E-state index in [4.69, 9.17) is 14.2 Å². The Labute approximate surface area is 150 Å². The molecule has 2 heterocycles. The average molecular weight is 359 g/mol. The van der Waals surface area contributed by atoms with Gasteiger partial charge in [-0.1, -0.05) is 6.07 Å². The van der Waals surface area contributed by atoms with Gasteiger partial charge in [-0.3, -0.25) is 9.36 Å². The number of carbonyl (C=O) groups is 1. The zero-order valence-corrected chi connectivity index (χ0v) is 15.2. The van der Waals surface area contributed by atoms with Gasteiger partial charge in [-0.05, 0) is 39.8 Å². The van der Waals surface area contributed by atoms with Crippen LogP contribution in [0.15, 0.2) is 29.2 Å². The molecule has 3 rings (SSSR count). The highest BCUT2D eigenvalue weighted by Crippen LogP contribution is 2.44. The maximum atomic E-state index is 12.2. The Morgan fingerprint density at radius 3 is 2.77 bits per heavy atom. The summed E-state index contributed by atoms with van der Waals surface area (Å²) in [6.45, 7) is 7.42. The van der Waals surface area contributed by atoms with Crippen LogP contribution in [0.25, 0.3) is 0 Å². The van der Waals surface area contributed by atoms with Crippen LogP contribution in [0.1, 0.15) is 27.7 Å². The van der Waals surface area contributed by atoms with E-state index in [1.807, 2.05) is 6.92 Å². The van der Waals surface area contributed by atoms with Crippen LogP contribution >= 0.6 is 0 Å². The number of nitrogens with one attached hydrogen (secondary N) is 1. The third-order valence-corrected chi connectivity index (χ3v) is 3.43. The van der Waals surface area contributed by atoms with E-state index in [-0.39, 0.29) is 12.4 Å². The molecule has 8 nitrogen and oxygen atoms in total. The number of hydrogen-bond acceptors (Lipinski definition) is 7. The molecule has 0 radical (unpaired) electrons. The number of rotatable bonds is 4. The van der Waals surface area contributed by atoms with E-state index in [0.29, 0.717) is 29.5 Å². The fourth-order valence-electron chi connectivity index (χ4n) is 2.50. The number of benzene rings is 1. The first-order valence-corrected chi connectivity index (χ1v) is 8.31. The number of carbonyl (C=O) groups excluding carboxylic acids is 1. The molecule has 1 aromatic carbocycles. The van der Waals surface area contributed by atoms with Crippen LogP contribution in [0.5, 0.6) is 17.2 Å². The second-order valence-corrected chi connectivity index (χ2v) is 6.74. The number of ether oxygens (including phenoxy) is 3. The number of esters is 1. The summed E-state index contributed by atoms with van der Waals surface area (Å²) in [6, 6.07) is 5.38. The van der Waals surface area contributed by atoms with Crippen molar-refractivity contribution in [1.29, 1.82) is 0 Å². The van der Waals surface area contributed by atoms with Crippen molar-refractivity contribution < 1.29 is 19.0 Å². The van der Waals surface area contributed by atoms with E-state index in [1.54, 1.807) is 39.0 Å². The van der Waals surface area contributed by atoms with Gasteiger partial charge in [0.1, 0.15) is 23.6 Å². The highest BCUT2D eigenvalue weighted by Gasteiger charge is 2.24. The van der Waals surface area contributed by atoms with E-state index < -0.39 is 17.3 Å². The van der Waals surface area contributed by atoms with Crippen LogP contribution in [-0.2, 0) is 16.1 Å². The van der Waals surface area contributed by atoms with Crippen molar-refractivity contribution in [3.05, 3.63) is 34.9 Å². The summed E-state index contributed by atoms with van der Waals surface area (Å²) in [7, 11) is 0. The molecular weight excluding hydrogens is 338 g/mol. The molecule has 0 bridgehead atoms. The summed E-state index contributed by atoms with van der Waals surface area (Å²) in [6.07, 6.45) is 1.44. The predicted octanol–water partition coefficient (Wildman–Crippen LogP) is 2.83. The van der Waals surface area contributed by atoms with Crippen LogP contribution in [-0.4, -0.2) is 27.7 Å². The molecule has 1 aliphatic rings. The lowest BCUT2D eigenvalue weighted by atomic mass is 10.2. The molecule has 0 unspecified atom stereocenters. The molecule has 0 atom stereocenters. The third-order valence-electron chi connectivity index (χ3n) is 3.43. The van der Waals surface area contributed by atoms with Crippen molar-refractivity contribution in [1.82, 2.24) is 9.55 Å². The van der Waals surface area contributed by atoms with Crippen molar-refractivity contribution in [2.24, 2.45) is 0 Å². The maximum absolute atomic E-state index is 12.2. The number of hydrogen-bond donors (Lipinski definition) is 1. The Bertz CT molecular complexity index is 899. The minimum atomic E-state index is -0.630. The molecule has 0 saturated carbocycles. The van der Waals surface area contributed by atoms with Crippen LogP contribution in [0.2, 0.25) is 0 Å². The SMILES string of the molecule is CCOc1cccc2c1Nc1nc(=O)n(CC(=O)OC(C)(C)C)cc1O2. The zero-order chi connectivity index (χ0) is 18.9. The first kappa shape index (κ1) is 17.8. The van der Waals surface area contributed by atoms with Gasteiger partial charge in [-0.15, -0.1) is 0 Å². The lowest BCUT2D eigenvalue weighted by molar-refractivity contribution is -0.155. The Morgan fingerprint density at radius 1 is 1.31 bits per heavy atom. The fraction of sp³-hybridized carbons (Fsp3) is 0.389. The molecule has 0 saturated heterocycles. The standard InChI is InChI=1S/C18H21N3O5/c1-5-24-11-7-6-8-12-15(11)19-16-13(25-12)9-21(17(23)20-16)10-14(22)26-18(2,3)4/h6-9H,5,10H2,1-4H3,(H,19,20,23). The van der Waals surface area contributed by atoms with Crippen LogP contribution < -0.4 is 20.5 Å². The third kappa shape index (κ3) is 3.79. The van der Waals surface area contributed by atoms with E-state index in [2.05, 4.69) is 10.3 Å². The molecule has 0 spiro atoms. The summed E-state index contributed by atoms with van der Waals surface area (Å²) < 4.78 is 17.8. The molecule has 1 N–H and O–H groups in total. The second kappa shape index (κ2) is 6.70. The summed E-state index contributed by atoms with van der Waals surface area (Å²) in [4.78, 5) is 28.2. The van der Waals surface area contributed by atoms with Crippen molar-refractivity contribution in [2.45, 2.75) is 39.8 Å². The number of nitrogens with zero attached hydrogens (tertiary/aromatic N) is 2. The maximum Gasteiger partial charge on any atom is 0.350 e. The molecule has 0 aliphatic carbocycles. The molecule has 8 heteroatoms. The van der Waals surface area contributed by atoms with Gasteiger partial charge in [0, 0.05) is 0 Å². The van der Waals surface area contributed by atoms with Crippen molar-refractivity contribution in [3.63, 3.8) is 0 Å². The zero-order valence-electron chi connectivity index (χ0n) is 15.2. The molecule has 2 aromatic rings. The minimum Gasteiger partial charge on any atom is -0.492 e. The molecule has 0 amide bonds. The topological polar surface area (TPSA) is 91.7 Å². The van der Waals surface area contributed by atoms with Gasteiger partial charge < -0.3 is 19.5 Å². The Kier molecular flexibility index (Phi) is 4.58. The largest absolute Gasteiger partial charge is 0.492 e. The van der Waals surface area contributed by atoms with Gasteiger partial charge in [-0.2, -0.15) is 4.98 Å². The Balaban J connectivity index is 1.87. The number of fused-ring (bicyclic) bond motifs is 2. The molecular formula is C18H21N3O5. The number of aromatic nitrogens is 2. The summed E-state index contributed by atoms with van der Waals surface area (Å²) in [5, 5.41) is 3.06. The first-order valence-electron chi connectivity index (χ1n) is 8.31. The van der Waals surface area contributed by atoms with Crippen molar-refractivity contribution in [3.8, 4) is 17.2 Å². The van der Waals surface area contributed by atoms with E-state index in [9.17, 15) is 9.59 Å². The summed E-state index contributed by atoms with van der Waals surface area (Å²) >= 11 is 0. The molecule has 26 heavy (non-hydrogen) atoms. The predicted molar refractivity (Wildman–Crippen MR) is 95.3 cm³/mol. The van der Waals surface area contributed by atoms with Gasteiger partial charge in [0.25, 0.3) is 0 Å². The molecule has 1 aromatic heterocycles. The van der Waals surface area contributed by atoms with Crippen LogP contribution in [0.4, 0.5) is 11.5 Å². The monoisotopic (exact) mass is 359 g/mol. The smallest absolute Gasteiger partial charge is 0.350 e. The molecule has 1 aliphatic heterocycles. The van der Waals surface area contributed by atoms with Crippen molar-refractivity contribution >= 4 is 17.5 Å². The van der Waals surface area contributed by atoms with Gasteiger partial charge in [0.15, 0.2) is 17.3 Å². The summed E-state index contributed by atoms with van der Waals surface area (Å²) in [5.41, 5.74) is -0.601. The van der Waals surface area contributed by atoms with Gasteiger partial charge >= 0.3 is 11.7 Å². The van der Waals surface area contributed by atoms with Gasteiger partial charge in [-0.25, -0.2) is 4.79 Å². The minimum absolute atomic E-state index is 0.244. The van der Waals surface area contributed by atoms with Gasteiger partial charge in [0.05, 0.1) is 12.8 Å². The van der Waals surface area contributed by atoms with Crippen LogP contribution in [0, 0.1) is 0 Å². The lowest BCUT2D eigenvalue weighted by Crippen LogP contribution is -2.32. The molecule has 138 valence electrons. The number of para-hydroxylation sites is 1. The average Bonchev–Trinajstić information content (AvgIpc) is 2.53. The highest BCUT2D eigenvalue weighted by atomic mass is 16.6. The van der Waals surface area contributed by atoms with E-state index in [1.165, 1.54) is 6.20 Å². The first-order chi connectivity index (χ1) is 12.3. The second-order valence-electron chi connectivity index (χ2n) is 6.74. The Morgan fingerprint density at radius 2 is 2.08 bits per heavy atom. The van der Waals surface area contributed by atoms with Crippen molar-refractivity contribution in [2.75, 3.05) is 11.9 Å². The highest BCUT2D eigenvalue weighted by molar-refractivity contribution is 5.77. The summed E-state index contributed by atoms with van der Waals surface area (Å²) in [5.74, 6) is 1.25. The van der Waals surface area contributed by atoms with E-state index >= 15 is 0 Å². The molecule has 0 fully saturated rings. The van der Waals surface area contributed by atoms with Crippen LogP contribution in [0.3, 0.4) is 0 Å². The quantitative estimate of drug-likeness (QED) is 0.716. The van der Waals surface area contributed by atoms with Gasteiger partial charge in [0.2, 0.25) is 0 Å². The fourth-order valence-corrected chi connectivity index (χ4v) is 2.50. The number of anilines is 2. The normalized spacial score (nSPS) is 12.3.